The van der Waals surface area contributed by atoms with Crippen molar-refractivity contribution < 1.29 is 0 Å². The summed E-state index contributed by atoms with van der Waals surface area (Å²) in [6.45, 7) is 10.1. The molecule has 0 aliphatic carbocycles. The lowest BCUT2D eigenvalue weighted by molar-refractivity contribution is 0.412. The third kappa shape index (κ3) is 2.13. The molecule has 0 aliphatic rings. The second-order valence-electron chi connectivity index (χ2n) is 5.69. The van der Waals surface area contributed by atoms with Crippen LogP contribution in [0.25, 0.3) is 10.9 Å². The Hall–Kier alpha value is -1.24. The van der Waals surface area contributed by atoms with Crippen LogP contribution >= 0.6 is 0 Å². The van der Waals surface area contributed by atoms with Crippen LogP contribution in [0, 0.1) is 5.41 Å². The monoisotopic (exact) mass is 215 g/mol. The molecule has 86 valence electrons. The lowest BCUT2D eigenvalue weighted by atomic mass is 9.87. The van der Waals surface area contributed by atoms with Crippen LogP contribution < -0.4 is 0 Å². The van der Waals surface area contributed by atoms with Gasteiger partial charge in [-0.1, -0.05) is 39.0 Å². The predicted molar refractivity (Wildman–Crippen MR) is 70.8 cm³/mol. The summed E-state index contributed by atoms with van der Waals surface area (Å²) in [4.78, 5) is 0. The smallest absolute Gasteiger partial charge is 0.0512 e. The van der Waals surface area contributed by atoms with Crippen LogP contribution in [-0.4, -0.2) is 4.57 Å². The topological polar surface area (TPSA) is 4.93 Å². The molecule has 0 unspecified atom stereocenters. The second kappa shape index (κ2) is 3.97. The molecule has 0 aliphatic heterocycles. The lowest BCUT2D eigenvalue weighted by Crippen LogP contribution is -2.10. The molecule has 0 spiro atoms. The zero-order valence-electron chi connectivity index (χ0n) is 10.7. The Labute approximate surface area is 98.1 Å². The molecule has 0 amide bonds. The number of benzene rings is 1. The average molecular weight is 215 g/mol. The summed E-state index contributed by atoms with van der Waals surface area (Å²) >= 11 is 0. The van der Waals surface area contributed by atoms with Crippen molar-refractivity contribution in [3.63, 3.8) is 0 Å². The van der Waals surface area contributed by atoms with E-state index in [4.69, 9.17) is 0 Å². The average Bonchev–Trinajstić information content (AvgIpc) is 2.59. The Kier molecular flexibility index (Phi) is 2.79. The Balaban J connectivity index is 2.55. The van der Waals surface area contributed by atoms with E-state index in [2.05, 4.69) is 62.7 Å². The maximum absolute atomic E-state index is 2.34. The molecule has 1 aromatic carbocycles. The van der Waals surface area contributed by atoms with Crippen LogP contribution in [0.4, 0.5) is 0 Å². The molecule has 0 radical (unpaired) electrons. The first-order valence-corrected chi connectivity index (χ1v) is 6.08. The lowest BCUT2D eigenvalue weighted by Gasteiger charge is -2.19. The maximum Gasteiger partial charge on any atom is 0.0512 e. The number of nitrogens with zero attached hydrogens (tertiary/aromatic N) is 1. The van der Waals surface area contributed by atoms with Gasteiger partial charge >= 0.3 is 0 Å². The fourth-order valence-corrected chi connectivity index (χ4v) is 2.32. The summed E-state index contributed by atoms with van der Waals surface area (Å²) in [5.74, 6) is 0. The normalized spacial score (nSPS) is 12.2. The molecule has 1 heterocycles. The van der Waals surface area contributed by atoms with Gasteiger partial charge in [0.05, 0.1) is 5.52 Å². The van der Waals surface area contributed by atoms with E-state index >= 15 is 0 Å². The van der Waals surface area contributed by atoms with Gasteiger partial charge in [0.15, 0.2) is 0 Å². The highest BCUT2D eigenvalue weighted by atomic mass is 14.9. The van der Waals surface area contributed by atoms with E-state index in [1.165, 1.54) is 16.5 Å². The SMILES string of the molecule is CCn1ccc2cccc(CC(C)(C)C)c21. The van der Waals surface area contributed by atoms with Gasteiger partial charge in [0.25, 0.3) is 0 Å². The summed E-state index contributed by atoms with van der Waals surface area (Å²) in [6.07, 6.45) is 3.32. The van der Waals surface area contributed by atoms with Crippen molar-refractivity contribution in [1.82, 2.24) is 4.57 Å². The van der Waals surface area contributed by atoms with Crippen LogP contribution in [0.1, 0.15) is 33.3 Å². The molecular formula is C15H21N. The molecule has 16 heavy (non-hydrogen) atoms. The van der Waals surface area contributed by atoms with Crippen molar-refractivity contribution in [3.8, 4) is 0 Å². The van der Waals surface area contributed by atoms with Crippen molar-refractivity contribution >= 4 is 10.9 Å². The molecule has 1 aromatic heterocycles. The van der Waals surface area contributed by atoms with Gasteiger partial charge in [-0.15, -0.1) is 0 Å². The highest BCUT2D eigenvalue weighted by Gasteiger charge is 2.14. The van der Waals surface area contributed by atoms with E-state index in [9.17, 15) is 0 Å². The summed E-state index contributed by atoms with van der Waals surface area (Å²) in [5, 5.41) is 1.36. The largest absolute Gasteiger partial charge is 0.348 e. The number of rotatable bonds is 2. The fraction of sp³-hybridized carbons (Fsp3) is 0.467. The van der Waals surface area contributed by atoms with Crippen LogP contribution in [0.2, 0.25) is 0 Å². The maximum atomic E-state index is 2.34. The van der Waals surface area contributed by atoms with Gasteiger partial charge in [-0.2, -0.15) is 0 Å². The number of fused-ring (bicyclic) bond motifs is 1. The number of hydrogen-bond acceptors (Lipinski definition) is 0. The van der Waals surface area contributed by atoms with Crippen molar-refractivity contribution in [2.45, 2.75) is 40.7 Å². The third-order valence-electron chi connectivity index (χ3n) is 2.93. The summed E-state index contributed by atoms with van der Waals surface area (Å²) in [6, 6.07) is 8.85. The number of aryl methyl sites for hydroxylation is 1. The number of hydrogen-bond donors (Lipinski definition) is 0. The van der Waals surface area contributed by atoms with E-state index in [1.807, 2.05) is 0 Å². The van der Waals surface area contributed by atoms with Crippen LogP contribution in [-0.2, 0) is 13.0 Å². The first-order valence-electron chi connectivity index (χ1n) is 6.08. The molecule has 2 rings (SSSR count). The quantitative estimate of drug-likeness (QED) is 0.705. The molecule has 0 N–H and O–H groups in total. The molecule has 0 atom stereocenters. The third-order valence-corrected chi connectivity index (χ3v) is 2.93. The van der Waals surface area contributed by atoms with Crippen LogP contribution in [0.3, 0.4) is 0 Å². The van der Waals surface area contributed by atoms with Crippen molar-refractivity contribution in [2.75, 3.05) is 0 Å². The van der Waals surface area contributed by atoms with Gasteiger partial charge in [-0.25, -0.2) is 0 Å². The highest BCUT2D eigenvalue weighted by molar-refractivity contribution is 5.83. The first kappa shape index (κ1) is 11.3. The second-order valence-corrected chi connectivity index (χ2v) is 5.69. The van der Waals surface area contributed by atoms with Gasteiger partial charge in [-0.05, 0) is 35.8 Å². The van der Waals surface area contributed by atoms with Crippen LogP contribution in [0.15, 0.2) is 30.5 Å². The summed E-state index contributed by atoms with van der Waals surface area (Å²) < 4.78 is 2.34. The molecule has 0 saturated carbocycles. The van der Waals surface area contributed by atoms with Gasteiger partial charge in [0.1, 0.15) is 0 Å². The van der Waals surface area contributed by atoms with E-state index in [0.29, 0.717) is 5.41 Å². The van der Waals surface area contributed by atoms with Gasteiger partial charge in [0.2, 0.25) is 0 Å². The molecule has 0 saturated heterocycles. The Morgan fingerprint density at radius 2 is 1.88 bits per heavy atom. The van der Waals surface area contributed by atoms with Gasteiger partial charge in [0, 0.05) is 12.7 Å². The molecule has 1 heteroatoms. The zero-order valence-corrected chi connectivity index (χ0v) is 10.7. The van der Waals surface area contributed by atoms with Crippen LogP contribution in [0.5, 0.6) is 0 Å². The van der Waals surface area contributed by atoms with E-state index in [-0.39, 0.29) is 0 Å². The molecule has 0 bridgehead atoms. The van der Waals surface area contributed by atoms with Crippen molar-refractivity contribution in [3.05, 3.63) is 36.0 Å². The fourth-order valence-electron chi connectivity index (χ4n) is 2.32. The Bertz CT molecular complexity index is 486. The zero-order chi connectivity index (χ0) is 11.8. The summed E-state index contributed by atoms with van der Waals surface area (Å²) in [7, 11) is 0. The van der Waals surface area contributed by atoms with Crippen molar-refractivity contribution in [1.29, 1.82) is 0 Å². The number of aromatic nitrogens is 1. The molecule has 0 fully saturated rings. The van der Waals surface area contributed by atoms with Gasteiger partial charge in [-0.3, -0.25) is 0 Å². The minimum absolute atomic E-state index is 0.344. The van der Waals surface area contributed by atoms with Crippen molar-refractivity contribution in [2.24, 2.45) is 5.41 Å². The van der Waals surface area contributed by atoms with E-state index in [0.717, 1.165) is 13.0 Å². The Morgan fingerprint density at radius 3 is 2.50 bits per heavy atom. The molecule has 2 aromatic rings. The minimum atomic E-state index is 0.344. The standard InChI is InChI=1S/C15H21N/c1-5-16-10-9-12-7-6-8-13(14(12)16)11-15(2,3)4/h6-10H,5,11H2,1-4H3. The van der Waals surface area contributed by atoms with Gasteiger partial charge < -0.3 is 4.57 Å². The predicted octanol–water partition coefficient (Wildman–Crippen LogP) is 4.25. The minimum Gasteiger partial charge on any atom is -0.348 e. The molecular weight excluding hydrogens is 194 g/mol. The Morgan fingerprint density at radius 1 is 1.12 bits per heavy atom. The number of para-hydroxylation sites is 1. The molecule has 1 nitrogen and oxygen atoms in total. The van der Waals surface area contributed by atoms with E-state index < -0.39 is 0 Å². The summed E-state index contributed by atoms with van der Waals surface area (Å²) in [5.41, 5.74) is 3.23. The highest BCUT2D eigenvalue weighted by Crippen LogP contribution is 2.27. The van der Waals surface area contributed by atoms with E-state index in [1.54, 1.807) is 0 Å². The first-order chi connectivity index (χ1) is 7.51.